The van der Waals surface area contributed by atoms with E-state index in [1.165, 1.54) is 6.07 Å². The summed E-state index contributed by atoms with van der Waals surface area (Å²) in [6.45, 7) is 0.638. The van der Waals surface area contributed by atoms with E-state index in [4.69, 9.17) is 0 Å². The largest absolute Gasteiger partial charge is 0.419 e. The minimum Gasteiger partial charge on any atom is -0.307 e. The molecule has 0 unspecified atom stereocenters. The van der Waals surface area contributed by atoms with Crippen molar-refractivity contribution in [2.75, 3.05) is 0 Å². The molecule has 0 fully saturated rings. The van der Waals surface area contributed by atoms with Gasteiger partial charge in [0.1, 0.15) is 5.82 Å². The molecule has 2 aromatic rings. The van der Waals surface area contributed by atoms with Gasteiger partial charge in [-0.25, -0.2) is 4.39 Å². The molecule has 20 heavy (non-hydrogen) atoms. The Morgan fingerprint density at radius 3 is 2.50 bits per heavy atom. The zero-order valence-corrected chi connectivity index (χ0v) is 10.4. The van der Waals surface area contributed by atoms with Crippen LogP contribution in [0.4, 0.5) is 17.6 Å². The summed E-state index contributed by atoms with van der Waals surface area (Å²) in [6, 6.07) is 8.39. The second kappa shape index (κ2) is 6.00. The Bertz CT molecular complexity index is 567. The highest BCUT2D eigenvalue weighted by atomic mass is 19.4. The van der Waals surface area contributed by atoms with Crippen molar-refractivity contribution < 1.29 is 17.6 Å². The molecule has 0 bridgehead atoms. The van der Waals surface area contributed by atoms with Gasteiger partial charge in [-0.05, 0) is 29.8 Å². The summed E-state index contributed by atoms with van der Waals surface area (Å²) in [5.74, 6) is -1.26. The molecule has 2 rings (SSSR count). The van der Waals surface area contributed by atoms with Crippen LogP contribution in [-0.2, 0) is 19.3 Å². The molecule has 0 amide bonds. The normalized spacial score (nSPS) is 11.6. The number of alkyl halides is 3. The van der Waals surface area contributed by atoms with E-state index in [0.29, 0.717) is 12.1 Å². The number of nitrogens with one attached hydrogen (secondary N) is 1. The Kier molecular flexibility index (Phi) is 4.34. The molecule has 6 heteroatoms. The summed E-state index contributed by atoms with van der Waals surface area (Å²) in [6.07, 6.45) is -3.04. The first-order chi connectivity index (χ1) is 9.47. The summed E-state index contributed by atoms with van der Waals surface area (Å²) >= 11 is 0. The van der Waals surface area contributed by atoms with Gasteiger partial charge in [-0.3, -0.25) is 4.98 Å². The quantitative estimate of drug-likeness (QED) is 0.869. The molecule has 0 saturated heterocycles. The zero-order valence-electron chi connectivity index (χ0n) is 10.4. The number of pyridine rings is 1. The molecule has 0 aliphatic heterocycles. The van der Waals surface area contributed by atoms with Gasteiger partial charge in [-0.15, -0.1) is 0 Å². The van der Waals surface area contributed by atoms with Crippen LogP contribution < -0.4 is 5.32 Å². The Balaban J connectivity index is 2.00. The highest BCUT2D eigenvalue weighted by Crippen LogP contribution is 2.31. The van der Waals surface area contributed by atoms with E-state index in [-0.39, 0.29) is 6.54 Å². The lowest BCUT2D eigenvalue weighted by molar-refractivity contribution is -0.140. The summed E-state index contributed by atoms with van der Waals surface area (Å²) in [4.78, 5) is 4.08. The maximum Gasteiger partial charge on any atom is 0.419 e. The van der Waals surface area contributed by atoms with Gasteiger partial charge in [-0.2, -0.15) is 13.2 Å². The summed E-state index contributed by atoms with van der Waals surface area (Å²) < 4.78 is 50.7. The van der Waals surface area contributed by atoms with Gasteiger partial charge < -0.3 is 5.32 Å². The smallest absolute Gasteiger partial charge is 0.307 e. The minimum atomic E-state index is -4.68. The number of hydrogen-bond acceptors (Lipinski definition) is 2. The third-order valence-electron chi connectivity index (χ3n) is 2.70. The van der Waals surface area contributed by atoms with Crippen molar-refractivity contribution in [3.8, 4) is 0 Å². The first-order valence-corrected chi connectivity index (χ1v) is 5.93. The van der Waals surface area contributed by atoms with Gasteiger partial charge in [-0.1, -0.05) is 12.1 Å². The lowest BCUT2D eigenvalue weighted by atomic mass is 10.1. The van der Waals surface area contributed by atoms with Crippen LogP contribution in [0.5, 0.6) is 0 Å². The molecule has 1 aromatic heterocycles. The summed E-state index contributed by atoms with van der Waals surface area (Å²) in [5, 5.41) is 2.96. The molecular weight excluding hydrogens is 272 g/mol. The first-order valence-electron chi connectivity index (χ1n) is 5.93. The fourth-order valence-corrected chi connectivity index (χ4v) is 1.74. The van der Waals surface area contributed by atoms with Crippen molar-refractivity contribution in [3.05, 3.63) is 65.2 Å². The molecule has 1 heterocycles. The van der Waals surface area contributed by atoms with Crippen LogP contribution in [0.25, 0.3) is 0 Å². The van der Waals surface area contributed by atoms with E-state index in [0.717, 1.165) is 17.8 Å². The average molecular weight is 284 g/mol. The van der Waals surface area contributed by atoms with Crippen molar-refractivity contribution in [2.45, 2.75) is 19.3 Å². The average Bonchev–Trinajstić information content (AvgIpc) is 2.40. The first kappa shape index (κ1) is 14.5. The van der Waals surface area contributed by atoms with Crippen LogP contribution in [0, 0.1) is 5.82 Å². The molecule has 0 aliphatic carbocycles. The fraction of sp³-hybridized carbons (Fsp3) is 0.214. The molecule has 106 valence electrons. The van der Waals surface area contributed by atoms with Crippen LogP contribution in [-0.4, -0.2) is 4.98 Å². The Labute approximate surface area is 113 Å². The molecule has 2 nitrogen and oxygen atoms in total. The topological polar surface area (TPSA) is 24.9 Å². The van der Waals surface area contributed by atoms with Gasteiger partial charge in [0.25, 0.3) is 0 Å². The minimum absolute atomic E-state index is 0.208. The second-order valence-electron chi connectivity index (χ2n) is 4.24. The van der Waals surface area contributed by atoms with Crippen molar-refractivity contribution in [1.29, 1.82) is 0 Å². The molecule has 0 spiro atoms. The third kappa shape index (κ3) is 3.77. The number of aromatic nitrogens is 1. The van der Waals surface area contributed by atoms with Crippen molar-refractivity contribution in [1.82, 2.24) is 10.3 Å². The zero-order chi connectivity index (χ0) is 14.6. The van der Waals surface area contributed by atoms with Gasteiger partial charge in [0.05, 0.1) is 11.3 Å². The van der Waals surface area contributed by atoms with E-state index < -0.39 is 17.6 Å². The van der Waals surface area contributed by atoms with Crippen LogP contribution >= 0.6 is 0 Å². The van der Waals surface area contributed by atoms with E-state index in [1.807, 2.05) is 6.07 Å². The standard InChI is InChI=1S/C14H12F4N2/c15-13-5-4-10(7-12(13)14(16,17)18)8-19-9-11-3-1-2-6-20-11/h1-7,19H,8-9H2. The number of nitrogens with zero attached hydrogens (tertiary/aromatic N) is 1. The fourth-order valence-electron chi connectivity index (χ4n) is 1.74. The Morgan fingerprint density at radius 1 is 1.05 bits per heavy atom. The molecule has 0 saturated carbocycles. The lowest BCUT2D eigenvalue weighted by Crippen LogP contribution is -2.15. The number of halogens is 4. The predicted molar refractivity (Wildman–Crippen MR) is 66.2 cm³/mol. The molecule has 0 radical (unpaired) electrons. The van der Waals surface area contributed by atoms with E-state index in [2.05, 4.69) is 10.3 Å². The van der Waals surface area contributed by atoms with Gasteiger partial charge in [0, 0.05) is 19.3 Å². The van der Waals surface area contributed by atoms with Gasteiger partial charge >= 0.3 is 6.18 Å². The monoisotopic (exact) mass is 284 g/mol. The van der Waals surface area contributed by atoms with Crippen LogP contribution in [0.15, 0.2) is 42.6 Å². The summed E-state index contributed by atoms with van der Waals surface area (Å²) in [5.41, 5.74) is -0.0880. The summed E-state index contributed by atoms with van der Waals surface area (Å²) in [7, 11) is 0. The van der Waals surface area contributed by atoms with E-state index in [9.17, 15) is 17.6 Å². The molecular formula is C14H12F4N2. The molecule has 0 aliphatic rings. The Hall–Kier alpha value is -1.95. The second-order valence-corrected chi connectivity index (χ2v) is 4.24. The van der Waals surface area contributed by atoms with E-state index in [1.54, 1.807) is 18.3 Å². The van der Waals surface area contributed by atoms with Crippen LogP contribution in [0.1, 0.15) is 16.8 Å². The molecule has 1 N–H and O–H groups in total. The van der Waals surface area contributed by atoms with Crippen LogP contribution in [0.3, 0.4) is 0 Å². The van der Waals surface area contributed by atoms with Crippen molar-refractivity contribution in [2.24, 2.45) is 0 Å². The van der Waals surface area contributed by atoms with E-state index >= 15 is 0 Å². The number of benzene rings is 1. The number of rotatable bonds is 4. The van der Waals surface area contributed by atoms with Gasteiger partial charge in [0.2, 0.25) is 0 Å². The van der Waals surface area contributed by atoms with Crippen molar-refractivity contribution >= 4 is 0 Å². The van der Waals surface area contributed by atoms with Crippen LogP contribution in [0.2, 0.25) is 0 Å². The molecule has 1 aromatic carbocycles. The third-order valence-corrected chi connectivity index (χ3v) is 2.70. The molecule has 0 atom stereocenters. The van der Waals surface area contributed by atoms with Crippen molar-refractivity contribution in [3.63, 3.8) is 0 Å². The SMILES string of the molecule is Fc1ccc(CNCc2ccccn2)cc1C(F)(F)F. The maximum absolute atomic E-state index is 13.1. The highest BCUT2D eigenvalue weighted by molar-refractivity contribution is 5.27. The lowest BCUT2D eigenvalue weighted by Gasteiger charge is -2.10. The Morgan fingerprint density at radius 2 is 1.85 bits per heavy atom. The predicted octanol–water partition coefficient (Wildman–Crippen LogP) is 3.53. The maximum atomic E-state index is 13.1. The van der Waals surface area contributed by atoms with Gasteiger partial charge in [0.15, 0.2) is 0 Å². The number of hydrogen-bond donors (Lipinski definition) is 1. The highest BCUT2D eigenvalue weighted by Gasteiger charge is 2.34.